The lowest BCUT2D eigenvalue weighted by molar-refractivity contribution is -0.286. The molecule has 4 heterocycles. The van der Waals surface area contributed by atoms with E-state index in [-0.39, 0.29) is 35.3 Å². The zero-order valence-electron chi connectivity index (χ0n) is 16.4. The molecular weight excluding hydrogens is 424 g/mol. The molecule has 2 aliphatic rings. The Morgan fingerprint density at radius 3 is 2.94 bits per heavy atom. The van der Waals surface area contributed by atoms with Gasteiger partial charge in [-0.25, -0.2) is 0 Å². The lowest BCUT2D eigenvalue weighted by Gasteiger charge is -2.05. The van der Waals surface area contributed by atoms with Crippen LogP contribution in [0.15, 0.2) is 47.0 Å². The van der Waals surface area contributed by atoms with E-state index in [1.165, 1.54) is 18.2 Å². The van der Waals surface area contributed by atoms with Crippen LogP contribution in [-0.4, -0.2) is 32.1 Å². The first-order valence-corrected chi connectivity index (χ1v) is 9.96. The topological polar surface area (TPSA) is 99.6 Å². The number of rotatable bonds is 4. The fraction of sp³-hybridized carbons (Fsp3) is 0.227. The van der Waals surface area contributed by atoms with Crippen molar-refractivity contribution in [3.63, 3.8) is 0 Å². The fourth-order valence-electron chi connectivity index (χ4n) is 4.46. The molecule has 162 valence electrons. The Balaban J connectivity index is 1.35. The average Bonchev–Trinajstić information content (AvgIpc) is 3.49. The number of benzene rings is 2. The van der Waals surface area contributed by atoms with Gasteiger partial charge in [0.15, 0.2) is 11.5 Å². The number of aryl methyl sites for hydroxylation is 1. The van der Waals surface area contributed by atoms with Gasteiger partial charge in [0.25, 0.3) is 5.89 Å². The summed E-state index contributed by atoms with van der Waals surface area (Å²) in [5, 5.41) is 14.1. The Morgan fingerprint density at radius 2 is 2.09 bits per heavy atom. The minimum Gasteiger partial charge on any atom is -0.481 e. The van der Waals surface area contributed by atoms with Gasteiger partial charge in [-0.3, -0.25) is 4.79 Å². The van der Waals surface area contributed by atoms with Crippen molar-refractivity contribution >= 4 is 16.9 Å². The predicted octanol–water partition coefficient (Wildman–Crippen LogP) is 4.64. The van der Waals surface area contributed by atoms with E-state index in [0.717, 1.165) is 29.6 Å². The van der Waals surface area contributed by atoms with Crippen LogP contribution in [0.2, 0.25) is 0 Å². The minimum absolute atomic E-state index is 0.0133. The summed E-state index contributed by atoms with van der Waals surface area (Å²) in [4.78, 5) is 15.5. The maximum atomic E-state index is 13.5. The molecule has 0 fully saturated rings. The molecular formula is C22H15F2N3O5. The molecule has 32 heavy (non-hydrogen) atoms. The molecule has 8 nitrogen and oxygen atoms in total. The molecule has 0 saturated heterocycles. The molecule has 1 N–H and O–H groups in total. The Kier molecular flexibility index (Phi) is 3.83. The molecule has 10 heteroatoms. The van der Waals surface area contributed by atoms with Crippen LogP contribution >= 0.6 is 0 Å². The smallest absolute Gasteiger partial charge is 0.481 e. The summed E-state index contributed by atoms with van der Waals surface area (Å²) in [5.74, 6) is -0.768. The van der Waals surface area contributed by atoms with E-state index in [2.05, 4.69) is 24.2 Å². The van der Waals surface area contributed by atoms with Crippen molar-refractivity contribution < 1.29 is 32.7 Å². The molecule has 0 aliphatic carbocycles. The van der Waals surface area contributed by atoms with Crippen molar-refractivity contribution in [3.8, 4) is 34.3 Å². The number of para-hydroxylation sites is 1. The predicted molar refractivity (Wildman–Crippen MR) is 106 cm³/mol. The summed E-state index contributed by atoms with van der Waals surface area (Å²) >= 11 is 0. The summed E-state index contributed by atoms with van der Waals surface area (Å²) in [6.07, 6.45) is -2.84. The largest absolute Gasteiger partial charge is 0.586 e. The maximum absolute atomic E-state index is 13.5. The van der Waals surface area contributed by atoms with E-state index in [1.807, 2.05) is 24.3 Å². The molecule has 0 bridgehead atoms. The first-order valence-electron chi connectivity index (χ1n) is 9.96. The van der Waals surface area contributed by atoms with Crippen molar-refractivity contribution in [1.82, 2.24) is 14.7 Å². The molecule has 6 rings (SSSR count). The highest BCUT2D eigenvalue weighted by molar-refractivity contribution is 5.86. The zero-order chi connectivity index (χ0) is 22.0. The van der Waals surface area contributed by atoms with Gasteiger partial charge in [-0.15, -0.1) is 8.78 Å². The standard InChI is InChI=1S/C22H15F2N3O5/c23-22(24)30-17-3-1-2-14(19(17)31-22)21-25-20(26-32-21)12-4-5-15-13(8-12)9-16-11(10-18(28)29)6-7-27(15)16/h1-5,8-9,11H,6-7,10H2,(H,28,29). The highest BCUT2D eigenvalue weighted by Crippen LogP contribution is 2.47. The number of carboxylic acid groups (broad SMARTS) is 1. The third-order valence-corrected chi connectivity index (χ3v) is 5.82. The number of halogens is 2. The van der Waals surface area contributed by atoms with Crippen molar-refractivity contribution in [2.75, 3.05) is 0 Å². The van der Waals surface area contributed by atoms with Crippen LogP contribution in [-0.2, 0) is 11.3 Å². The lowest BCUT2D eigenvalue weighted by Crippen LogP contribution is -2.26. The van der Waals surface area contributed by atoms with Crippen molar-refractivity contribution in [3.05, 3.63) is 48.2 Å². The quantitative estimate of drug-likeness (QED) is 0.494. The molecule has 2 aliphatic heterocycles. The Morgan fingerprint density at radius 1 is 1.22 bits per heavy atom. The SMILES string of the molecule is O=C(O)CC1CCn2c1cc1cc(-c3noc(-c4cccc5c4OC(F)(F)O5)n3)ccc12. The molecule has 1 atom stereocenters. The van der Waals surface area contributed by atoms with E-state index in [1.54, 1.807) is 0 Å². The van der Waals surface area contributed by atoms with E-state index in [4.69, 9.17) is 9.63 Å². The van der Waals surface area contributed by atoms with Crippen LogP contribution in [0.3, 0.4) is 0 Å². The van der Waals surface area contributed by atoms with Gasteiger partial charge in [0.05, 0.1) is 12.0 Å². The van der Waals surface area contributed by atoms with E-state index in [0.29, 0.717) is 11.4 Å². The van der Waals surface area contributed by atoms with Crippen LogP contribution in [0.25, 0.3) is 33.7 Å². The summed E-state index contributed by atoms with van der Waals surface area (Å²) < 4.78 is 43.5. The molecule has 0 radical (unpaired) electrons. The molecule has 2 aromatic heterocycles. The molecule has 2 aromatic carbocycles. The van der Waals surface area contributed by atoms with Gasteiger partial charge in [0, 0.05) is 34.6 Å². The lowest BCUT2D eigenvalue weighted by atomic mass is 10.0. The number of nitrogens with zero attached hydrogens (tertiary/aromatic N) is 3. The molecule has 4 aromatic rings. The van der Waals surface area contributed by atoms with Gasteiger partial charge in [0.1, 0.15) is 0 Å². The van der Waals surface area contributed by atoms with Crippen LogP contribution in [0.1, 0.15) is 24.5 Å². The van der Waals surface area contributed by atoms with E-state index in [9.17, 15) is 13.6 Å². The number of hydrogen-bond acceptors (Lipinski definition) is 6. The van der Waals surface area contributed by atoms with Crippen LogP contribution in [0.5, 0.6) is 11.5 Å². The van der Waals surface area contributed by atoms with Crippen LogP contribution in [0.4, 0.5) is 8.78 Å². The van der Waals surface area contributed by atoms with Gasteiger partial charge in [-0.1, -0.05) is 11.2 Å². The van der Waals surface area contributed by atoms with E-state index >= 15 is 0 Å². The number of carbonyl (C=O) groups is 1. The number of aliphatic carboxylic acids is 1. The van der Waals surface area contributed by atoms with Gasteiger partial charge in [-0.2, -0.15) is 4.98 Å². The second kappa shape index (κ2) is 6.52. The molecule has 0 amide bonds. The van der Waals surface area contributed by atoms with Crippen LogP contribution < -0.4 is 9.47 Å². The number of aromatic nitrogens is 3. The summed E-state index contributed by atoms with van der Waals surface area (Å²) in [5.41, 5.74) is 2.90. The normalized spacial score (nSPS) is 18.2. The van der Waals surface area contributed by atoms with Crippen molar-refractivity contribution in [1.29, 1.82) is 0 Å². The van der Waals surface area contributed by atoms with Gasteiger partial charge >= 0.3 is 12.3 Å². The van der Waals surface area contributed by atoms with Crippen LogP contribution in [0, 0.1) is 0 Å². The zero-order valence-corrected chi connectivity index (χ0v) is 16.4. The monoisotopic (exact) mass is 439 g/mol. The Hall–Kier alpha value is -3.95. The molecule has 0 spiro atoms. The molecule has 1 unspecified atom stereocenters. The van der Waals surface area contributed by atoms with Gasteiger partial charge < -0.3 is 23.7 Å². The third kappa shape index (κ3) is 2.90. The number of fused-ring (bicyclic) bond motifs is 4. The first kappa shape index (κ1) is 18.8. The second-order valence-electron chi connectivity index (χ2n) is 7.80. The fourth-order valence-corrected chi connectivity index (χ4v) is 4.46. The van der Waals surface area contributed by atoms with Crippen molar-refractivity contribution in [2.24, 2.45) is 0 Å². The summed E-state index contributed by atoms with van der Waals surface area (Å²) in [6, 6.07) is 12.1. The Bertz CT molecular complexity index is 1390. The van der Waals surface area contributed by atoms with E-state index < -0.39 is 12.3 Å². The Labute approximate surface area is 179 Å². The number of hydrogen-bond donors (Lipinski definition) is 1. The summed E-state index contributed by atoms with van der Waals surface area (Å²) in [6.45, 7) is 0.772. The average molecular weight is 439 g/mol. The number of alkyl halides is 2. The number of carboxylic acids is 1. The van der Waals surface area contributed by atoms with Crippen molar-refractivity contribution in [2.45, 2.75) is 31.6 Å². The van der Waals surface area contributed by atoms with Gasteiger partial charge in [-0.05, 0) is 42.8 Å². The second-order valence-corrected chi connectivity index (χ2v) is 7.80. The van der Waals surface area contributed by atoms with Gasteiger partial charge in [0.2, 0.25) is 5.82 Å². The highest BCUT2D eigenvalue weighted by atomic mass is 19.3. The highest BCUT2D eigenvalue weighted by Gasteiger charge is 2.45. The maximum Gasteiger partial charge on any atom is 0.586 e. The minimum atomic E-state index is -3.75. The summed E-state index contributed by atoms with van der Waals surface area (Å²) in [7, 11) is 0. The molecule has 0 saturated carbocycles. The third-order valence-electron chi connectivity index (χ3n) is 5.82. The number of ether oxygens (including phenoxy) is 2. The first-order chi connectivity index (χ1) is 15.4.